The minimum atomic E-state index is -0.536. The Kier molecular flexibility index (Phi) is 5.83. The molecule has 1 rings (SSSR count). The van der Waals surface area contributed by atoms with Crippen molar-refractivity contribution < 1.29 is 19.1 Å². The Bertz CT molecular complexity index is 469. The summed E-state index contributed by atoms with van der Waals surface area (Å²) in [6.45, 7) is 5.72. The van der Waals surface area contributed by atoms with Gasteiger partial charge in [0.05, 0.1) is 17.7 Å². The fourth-order valence-corrected chi connectivity index (χ4v) is 1.69. The molecular weight excluding hydrogens is 268 g/mol. The zero-order valence-electron chi connectivity index (χ0n) is 11.2. The van der Waals surface area contributed by atoms with Gasteiger partial charge in [0.15, 0.2) is 5.78 Å². The zero-order chi connectivity index (χ0) is 14.4. The fourth-order valence-electron chi connectivity index (χ4n) is 1.47. The molecule has 0 radical (unpaired) electrons. The summed E-state index contributed by atoms with van der Waals surface area (Å²) in [5.74, 6) is -0.341. The number of rotatable bonds is 6. The number of halogens is 1. The van der Waals surface area contributed by atoms with Crippen molar-refractivity contribution in [1.29, 1.82) is 0 Å². The van der Waals surface area contributed by atoms with Crippen molar-refractivity contribution in [1.82, 2.24) is 0 Å². The van der Waals surface area contributed by atoms with Crippen LogP contribution in [0.4, 0.5) is 0 Å². The fraction of sp³-hybridized carbons (Fsp3) is 0.429. The Morgan fingerprint density at radius 1 is 1.32 bits per heavy atom. The van der Waals surface area contributed by atoms with Crippen molar-refractivity contribution in [2.45, 2.75) is 33.3 Å². The molecule has 0 atom stereocenters. The van der Waals surface area contributed by atoms with Crippen LogP contribution in [0.5, 0.6) is 5.75 Å². The van der Waals surface area contributed by atoms with Crippen LogP contribution in [0.3, 0.4) is 0 Å². The number of Topliss-reactive ketones (excluding diaryl/α,β-unsaturated/α-hetero) is 1. The van der Waals surface area contributed by atoms with Crippen molar-refractivity contribution >= 4 is 23.4 Å². The molecule has 5 heteroatoms. The molecule has 0 saturated heterocycles. The van der Waals surface area contributed by atoms with E-state index in [4.69, 9.17) is 21.1 Å². The molecular formula is C14H17ClO4. The van der Waals surface area contributed by atoms with Crippen LogP contribution in [0.1, 0.15) is 37.6 Å². The Morgan fingerprint density at radius 2 is 2.00 bits per heavy atom. The van der Waals surface area contributed by atoms with Crippen LogP contribution in [-0.4, -0.2) is 24.5 Å². The highest BCUT2D eigenvalue weighted by Gasteiger charge is 2.14. The Hall–Kier alpha value is -1.55. The van der Waals surface area contributed by atoms with E-state index in [-0.39, 0.29) is 24.9 Å². The minimum Gasteiger partial charge on any atom is -0.489 e. The predicted molar refractivity (Wildman–Crippen MR) is 72.8 cm³/mol. The maximum Gasteiger partial charge on any atom is 0.313 e. The van der Waals surface area contributed by atoms with Crippen LogP contribution in [0.2, 0.25) is 5.02 Å². The summed E-state index contributed by atoms with van der Waals surface area (Å²) in [5, 5.41) is 0.350. The summed E-state index contributed by atoms with van der Waals surface area (Å²) in [5.41, 5.74) is 0.370. The third-order valence-electron chi connectivity index (χ3n) is 2.23. The average Bonchev–Trinajstić information content (AvgIpc) is 2.31. The number of ketones is 1. The lowest BCUT2D eigenvalue weighted by Crippen LogP contribution is -2.11. The highest BCUT2D eigenvalue weighted by molar-refractivity contribution is 6.32. The van der Waals surface area contributed by atoms with E-state index < -0.39 is 5.97 Å². The van der Waals surface area contributed by atoms with E-state index in [0.717, 1.165) is 0 Å². The molecule has 19 heavy (non-hydrogen) atoms. The summed E-state index contributed by atoms with van der Waals surface area (Å²) < 4.78 is 10.2. The van der Waals surface area contributed by atoms with Gasteiger partial charge in [-0.3, -0.25) is 9.59 Å². The number of hydrogen-bond donors (Lipinski definition) is 0. The van der Waals surface area contributed by atoms with E-state index in [9.17, 15) is 9.59 Å². The van der Waals surface area contributed by atoms with Gasteiger partial charge in [-0.05, 0) is 39.0 Å². The lowest BCUT2D eigenvalue weighted by atomic mass is 10.1. The second kappa shape index (κ2) is 7.14. The molecule has 0 heterocycles. The largest absolute Gasteiger partial charge is 0.489 e. The van der Waals surface area contributed by atoms with Gasteiger partial charge in [-0.25, -0.2) is 0 Å². The second-order valence-electron chi connectivity index (χ2n) is 4.22. The van der Waals surface area contributed by atoms with Crippen molar-refractivity contribution in [3.63, 3.8) is 0 Å². The molecule has 4 nitrogen and oxygen atoms in total. The molecule has 0 aromatic heterocycles. The molecule has 0 aliphatic rings. The number of ether oxygens (including phenoxy) is 2. The molecule has 0 fully saturated rings. The van der Waals surface area contributed by atoms with Gasteiger partial charge in [-0.2, -0.15) is 0 Å². The molecule has 1 aromatic carbocycles. The van der Waals surface area contributed by atoms with E-state index in [2.05, 4.69) is 0 Å². The maximum atomic E-state index is 11.8. The smallest absolute Gasteiger partial charge is 0.313 e. The molecule has 0 unspecified atom stereocenters. The normalized spacial score (nSPS) is 10.4. The molecule has 0 bridgehead atoms. The summed E-state index contributed by atoms with van der Waals surface area (Å²) in [7, 11) is 0. The first-order valence-corrected chi connectivity index (χ1v) is 6.46. The number of benzene rings is 1. The van der Waals surface area contributed by atoms with Crippen molar-refractivity contribution in [3.8, 4) is 5.75 Å². The Balaban J connectivity index is 2.77. The quantitative estimate of drug-likeness (QED) is 0.457. The topological polar surface area (TPSA) is 52.6 Å². The highest BCUT2D eigenvalue weighted by Crippen LogP contribution is 2.26. The van der Waals surface area contributed by atoms with E-state index in [1.807, 2.05) is 13.8 Å². The summed E-state index contributed by atoms with van der Waals surface area (Å²) in [6.07, 6.45) is -0.284. The van der Waals surface area contributed by atoms with Gasteiger partial charge in [-0.1, -0.05) is 11.6 Å². The SMILES string of the molecule is CCOC(=O)CC(=O)c1ccc(OC(C)C)c(Cl)c1. The van der Waals surface area contributed by atoms with Crippen LogP contribution in [-0.2, 0) is 9.53 Å². The minimum absolute atomic E-state index is 0.00131. The van der Waals surface area contributed by atoms with Crippen LogP contribution in [0, 0.1) is 0 Å². The molecule has 0 spiro atoms. The van der Waals surface area contributed by atoms with Crippen LogP contribution < -0.4 is 4.74 Å². The highest BCUT2D eigenvalue weighted by atomic mass is 35.5. The Morgan fingerprint density at radius 3 is 2.53 bits per heavy atom. The number of carbonyl (C=O) groups excluding carboxylic acids is 2. The van der Waals surface area contributed by atoms with Crippen LogP contribution in [0.25, 0.3) is 0 Å². The Labute approximate surface area is 117 Å². The van der Waals surface area contributed by atoms with Gasteiger partial charge in [0.25, 0.3) is 0 Å². The van der Waals surface area contributed by atoms with E-state index in [0.29, 0.717) is 16.3 Å². The lowest BCUT2D eigenvalue weighted by Gasteiger charge is -2.11. The monoisotopic (exact) mass is 284 g/mol. The molecule has 0 saturated carbocycles. The van der Waals surface area contributed by atoms with Gasteiger partial charge in [0.2, 0.25) is 0 Å². The average molecular weight is 285 g/mol. The van der Waals surface area contributed by atoms with Crippen molar-refractivity contribution in [2.24, 2.45) is 0 Å². The van der Waals surface area contributed by atoms with Crippen LogP contribution >= 0.6 is 11.6 Å². The molecule has 1 aromatic rings. The zero-order valence-corrected chi connectivity index (χ0v) is 12.0. The lowest BCUT2D eigenvalue weighted by molar-refractivity contribution is -0.141. The molecule has 104 valence electrons. The number of carbonyl (C=O) groups is 2. The first-order chi connectivity index (χ1) is 8.93. The van der Waals surface area contributed by atoms with E-state index >= 15 is 0 Å². The van der Waals surface area contributed by atoms with E-state index in [1.165, 1.54) is 6.07 Å². The standard InChI is InChI=1S/C14H17ClO4/c1-4-18-14(17)8-12(16)10-5-6-13(11(15)7-10)19-9(2)3/h5-7,9H,4,8H2,1-3H3. The van der Waals surface area contributed by atoms with Gasteiger partial charge >= 0.3 is 5.97 Å². The van der Waals surface area contributed by atoms with Crippen LogP contribution in [0.15, 0.2) is 18.2 Å². The van der Waals surface area contributed by atoms with Gasteiger partial charge in [0.1, 0.15) is 12.2 Å². The first-order valence-electron chi connectivity index (χ1n) is 6.09. The molecule has 0 N–H and O–H groups in total. The number of hydrogen-bond acceptors (Lipinski definition) is 4. The van der Waals surface area contributed by atoms with Crippen molar-refractivity contribution in [3.05, 3.63) is 28.8 Å². The third kappa shape index (κ3) is 4.91. The van der Waals surface area contributed by atoms with Gasteiger partial charge < -0.3 is 9.47 Å². The summed E-state index contributed by atoms with van der Waals surface area (Å²) >= 11 is 6.02. The maximum absolute atomic E-state index is 11.8. The molecule has 0 amide bonds. The van der Waals surface area contributed by atoms with Gasteiger partial charge in [-0.15, -0.1) is 0 Å². The van der Waals surface area contributed by atoms with E-state index in [1.54, 1.807) is 19.1 Å². The molecule has 0 aliphatic carbocycles. The summed E-state index contributed by atoms with van der Waals surface area (Å²) in [4.78, 5) is 23.0. The molecule has 0 aliphatic heterocycles. The first kappa shape index (κ1) is 15.5. The second-order valence-corrected chi connectivity index (χ2v) is 4.62. The predicted octanol–water partition coefficient (Wildman–Crippen LogP) is 3.26. The van der Waals surface area contributed by atoms with Gasteiger partial charge in [0, 0.05) is 5.56 Å². The number of esters is 1. The van der Waals surface area contributed by atoms with Crippen molar-refractivity contribution in [2.75, 3.05) is 6.61 Å². The summed E-state index contributed by atoms with van der Waals surface area (Å²) in [6, 6.07) is 4.71. The third-order valence-corrected chi connectivity index (χ3v) is 2.52.